The van der Waals surface area contributed by atoms with E-state index in [0.717, 1.165) is 8.95 Å². The molecule has 0 saturated heterocycles. The maximum Gasteiger partial charge on any atom is 0.365 e. The Bertz CT molecular complexity index is 943. The van der Waals surface area contributed by atoms with Crippen molar-refractivity contribution in [2.24, 2.45) is 10.3 Å². The van der Waals surface area contributed by atoms with E-state index in [9.17, 15) is 9.59 Å². The minimum Gasteiger partial charge on any atom is -0.312 e. The number of oxime groups is 2. The summed E-state index contributed by atoms with van der Waals surface area (Å²) < 4.78 is 1.54. The number of benzene rings is 2. The number of hydrogen-bond donors (Lipinski definition) is 0. The predicted molar refractivity (Wildman–Crippen MR) is 112 cm³/mol. The molecule has 0 unspecified atom stereocenters. The lowest BCUT2D eigenvalue weighted by atomic mass is 10.1. The Morgan fingerprint density at radius 2 is 1.07 bits per heavy atom. The molecule has 0 radical (unpaired) electrons. The zero-order valence-corrected chi connectivity index (χ0v) is 17.4. The van der Waals surface area contributed by atoms with E-state index in [2.05, 4.69) is 42.2 Å². The van der Waals surface area contributed by atoms with Crippen LogP contribution in [0, 0.1) is 0 Å². The number of hydrogen-bond acceptors (Lipinski definition) is 6. The Labute approximate surface area is 177 Å². The number of halogens is 2. The number of allylic oxidation sites excluding steroid dienone is 4. The van der Waals surface area contributed by atoms with Gasteiger partial charge in [0.2, 0.25) is 0 Å². The van der Waals surface area contributed by atoms with Crippen LogP contribution in [0.1, 0.15) is 20.7 Å². The van der Waals surface area contributed by atoms with E-state index in [4.69, 9.17) is 9.68 Å². The summed E-state index contributed by atoms with van der Waals surface area (Å²) in [5, 5.41) is 7.57. The molecule has 0 spiro atoms. The van der Waals surface area contributed by atoms with Crippen molar-refractivity contribution in [3.05, 3.63) is 92.9 Å². The lowest BCUT2D eigenvalue weighted by Crippen LogP contribution is -2.07. The van der Waals surface area contributed by atoms with E-state index in [-0.39, 0.29) is 0 Å². The second-order valence-electron chi connectivity index (χ2n) is 5.48. The van der Waals surface area contributed by atoms with Gasteiger partial charge in [-0.3, -0.25) is 0 Å². The van der Waals surface area contributed by atoms with Gasteiger partial charge in [0.1, 0.15) is 11.4 Å². The Kier molecular flexibility index (Phi) is 6.67. The lowest BCUT2D eigenvalue weighted by Gasteiger charge is -2.03. The summed E-state index contributed by atoms with van der Waals surface area (Å²) in [6.45, 7) is 0. The van der Waals surface area contributed by atoms with E-state index in [1.54, 1.807) is 72.8 Å². The van der Waals surface area contributed by atoms with Gasteiger partial charge in [-0.1, -0.05) is 54.3 Å². The minimum atomic E-state index is -0.571. The third kappa shape index (κ3) is 5.58. The van der Waals surface area contributed by atoms with Gasteiger partial charge >= 0.3 is 11.9 Å². The van der Waals surface area contributed by atoms with Crippen LogP contribution in [0.4, 0.5) is 0 Å². The minimum absolute atomic E-state index is 0.379. The Hall–Kier alpha value is -2.84. The molecule has 140 valence electrons. The molecule has 0 bridgehead atoms. The van der Waals surface area contributed by atoms with Crippen LogP contribution >= 0.6 is 31.9 Å². The summed E-state index contributed by atoms with van der Waals surface area (Å²) in [5.41, 5.74) is 1.59. The van der Waals surface area contributed by atoms with E-state index in [0.29, 0.717) is 22.6 Å². The molecule has 1 aliphatic carbocycles. The van der Waals surface area contributed by atoms with Crippen LogP contribution in [-0.4, -0.2) is 23.4 Å². The fourth-order valence-corrected chi connectivity index (χ4v) is 2.90. The standard InChI is InChI=1S/C20H12Br2N2O4/c21-15-5-1-3-13(11-15)19(25)27-23-17-7-9-18(10-8-17)24-28-20(26)14-4-2-6-16(22)12-14/h1-12H. The monoisotopic (exact) mass is 502 g/mol. The van der Waals surface area contributed by atoms with Gasteiger partial charge in [0.25, 0.3) is 0 Å². The highest BCUT2D eigenvalue weighted by molar-refractivity contribution is 9.10. The van der Waals surface area contributed by atoms with Gasteiger partial charge in [-0.25, -0.2) is 9.59 Å². The first-order valence-corrected chi connectivity index (χ1v) is 9.56. The van der Waals surface area contributed by atoms with Crippen molar-refractivity contribution in [3.8, 4) is 0 Å². The highest BCUT2D eigenvalue weighted by Crippen LogP contribution is 2.14. The van der Waals surface area contributed by atoms with Crippen LogP contribution in [0.25, 0.3) is 0 Å². The van der Waals surface area contributed by atoms with Crippen molar-refractivity contribution in [2.75, 3.05) is 0 Å². The van der Waals surface area contributed by atoms with Crippen molar-refractivity contribution in [3.63, 3.8) is 0 Å². The predicted octanol–water partition coefficient (Wildman–Crippen LogP) is 5.06. The van der Waals surface area contributed by atoms with Gasteiger partial charge in [0.05, 0.1) is 11.1 Å². The molecule has 8 heteroatoms. The Balaban J connectivity index is 1.57. The molecule has 0 N–H and O–H groups in total. The molecule has 2 aromatic carbocycles. The van der Waals surface area contributed by atoms with Crippen LogP contribution in [0.15, 0.2) is 92.1 Å². The lowest BCUT2D eigenvalue weighted by molar-refractivity contribution is 0.0508. The summed E-state index contributed by atoms with van der Waals surface area (Å²) >= 11 is 6.58. The quantitative estimate of drug-likeness (QED) is 0.332. The van der Waals surface area contributed by atoms with Gasteiger partial charge in [-0.15, -0.1) is 0 Å². The van der Waals surface area contributed by atoms with Crippen LogP contribution in [0.5, 0.6) is 0 Å². The molecule has 3 rings (SSSR count). The van der Waals surface area contributed by atoms with Gasteiger partial charge < -0.3 is 9.68 Å². The average Bonchev–Trinajstić information content (AvgIpc) is 2.71. The zero-order valence-electron chi connectivity index (χ0n) is 14.2. The molecule has 0 fully saturated rings. The molecule has 0 amide bonds. The van der Waals surface area contributed by atoms with Gasteiger partial charge in [-0.05, 0) is 60.7 Å². The summed E-state index contributed by atoms with van der Waals surface area (Å²) in [4.78, 5) is 33.8. The zero-order chi connectivity index (χ0) is 19.9. The number of rotatable bonds is 4. The highest BCUT2D eigenvalue weighted by Gasteiger charge is 2.10. The van der Waals surface area contributed by atoms with Crippen LogP contribution in [0.2, 0.25) is 0 Å². The Morgan fingerprint density at radius 3 is 1.43 bits per heavy atom. The first-order valence-electron chi connectivity index (χ1n) is 7.97. The van der Waals surface area contributed by atoms with Crippen molar-refractivity contribution in [1.29, 1.82) is 0 Å². The van der Waals surface area contributed by atoms with Gasteiger partial charge in [0, 0.05) is 8.95 Å². The normalized spacial score (nSPS) is 12.5. The van der Waals surface area contributed by atoms with E-state index in [1.807, 2.05) is 0 Å². The van der Waals surface area contributed by atoms with E-state index in [1.165, 1.54) is 0 Å². The van der Waals surface area contributed by atoms with E-state index < -0.39 is 11.9 Å². The second-order valence-corrected chi connectivity index (χ2v) is 7.31. The SMILES string of the molecule is O=C(ON=C1C=CC(=NOC(=O)c2cccc(Br)c2)C=C1)c1cccc(Br)c1. The van der Waals surface area contributed by atoms with Crippen molar-refractivity contribution < 1.29 is 19.3 Å². The van der Waals surface area contributed by atoms with Crippen molar-refractivity contribution in [2.45, 2.75) is 0 Å². The molecule has 6 nitrogen and oxygen atoms in total. The maximum atomic E-state index is 12.0. The number of nitrogens with zero attached hydrogens (tertiary/aromatic N) is 2. The van der Waals surface area contributed by atoms with Crippen LogP contribution in [-0.2, 0) is 9.68 Å². The smallest absolute Gasteiger partial charge is 0.312 e. The molecule has 1 aliphatic rings. The number of carbonyl (C=O) groups is 2. The molecule has 28 heavy (non-hydrogen) atoms. The van der Waals surface area contributed by atoms with E-state index >= 15 is 0 Å². The molecule has 0 atom stereocenters. The molecular formula is C20H12Br2N2O4. The van der Waals surface area contributed by atoms with Gasteiger partial charge in [0.15, 0.2) is 0 Å². The van der Waals surface area contributed by atoms with Crippen molar-refractivity contribution in [1.82, 2.24) is 0 Å². The first kappa shape index (κ1) is 19.9. The highest BCUT2D eigenvalue weighted by atomic mass is 79.9. The third-order valence-corrected chi connectivity index (χ3v) is 4.42. The fraction of sp³-hybridized carbons (Fsp3) is 0. The summed E-state index contributed by atoms with van der Waals surface area (Å²) in [5.74, 6) is -1.14. The third-order valence-electron chi connectivity index (χ3n) is 3.44. The molecule has 0 aliphatic heterocycles. The van der Waals surface area contributed by atoms with Crippen molar-refractivity contribution >= 4 is 55.2 Å². The average molecular weight is 504 g/mol. The largest absolute Gasteiger partial charge is 0.365 e. The fourth-order valence-electron chi connectivity index (χ4n) is 2.10. The molecule has 2 aromatic rings. The van der Waals surface area contributed by atoms with Crippen LogP contribution in [0.3, 0.4) is 0 Å². The molecule has 0 heterocycles. The number of carbonyl (C=O) groups excluding carboxylic acids is 2. The Morgan fingerprint density at radius 1 is 0.679 bits per heavy atom. The molecular weight excluding hydrogens is 492 g/mol. The maximum absolute atomic E-state index is 12.0. The summed E-state index contributed by atoms with van der Waals surface area (Å²) in [6.07, 6.45) is 6.33. The second kappa shape index (κ2) is 9.38. The van der Waals surface area contributed by atoms with Crippen LogP contribution < -0.4 is 0 Å². The first-order chi connectivity index (χ1) is 13.5. The summed E-state index contributed by atoms with van der Waals surface area (Å²) in [7, 11) is 0. The van der Waals surface area contributed by atoms with Gasteiger partial charge in [-0.2, -0.15) is 0 Å². The summed E-state index contributed by atoms with van der Waals surface area (Å²) in [6, 6.07) is 13.6. The molecule has 0 saturated carbocycles. The molecule has 0 aromatic heterocycles. The topological polar surface area (TPSA) is 77.3 Å².